The van der Waals surface area contributed by atoms with Crippen molar-refractivity contribution in [3.05, 3.63) is 117 Å². The Morgan fingerprint density at radius 2 is 1.78 bits per heavy atom. The van der Waals surface area contributed by atoms with Crippen LogP contribution in [-0.2, 0) is 6.61 Å². The molecule has 0 radical (unpaired) electrons. The molecule has 6 rings (SSSR count). The van der Waals surface area contributed by atoms with Crippen LogP contribution in [0.4, 0.5) is 5.13 Å². The summed E-state index contributed by atoms with van der Waals surface area (Å²) in [5.74, 6) is 0.734. The third kappa shape index (κ3) is 4.05. The SMILES string of the molecule is CCOc1cc([C@H]2c3c(oc4ccccc4c3=O)C(=O)N2c2nccs2)ccc1OCc1ccccc1. The highest BCUT2D eigenvalue weighted by molar-refractivity contribution is 7.13. The maximum atomic E-state index is 13.7. The number of hydrogen-bond donors (Lipinski definition) is 0. The van der Waals surface area contributed by atoms with Crippen LogP contribution in [0.3, 0.4) is 0 Å². The maximum absolute atomic E-state index is 13.7. The number of rotatable bonds is 7. The highest BCUT2D eigenvalue weighted by Crippen LogP contribution is 2.43. The van der Waals surface area contributed by atoms with E-state index < -0.39 is 11.9 Å². The van der Waals surface area contributed by atoms with Crippen LogP contribution in [0.2, 0.25) is 0 Å². The standard InChI is InChI=1S/C29H22N2O5S/c1-2-34-23-16-19(12-13-22(23)35-17-18-8-4-3-5-9-18)25-24-26(32)20-10-6-7-11-21(20)36-27(24)28(33)31(25)29-30-14-15-37-29/h3-16,25H,2,17H2,1H3/t25-/m0/s1. The molecule has 0 unspecified atom stereocenters. The van der Waals surface area contributed by atoms with E-state index in [1.54, 1.807) is 35.8 Å². The second kappa shape index (κ2) is 9.55. The number of carbonyl (C=O) groups is 1. The highest BCUT2D eigenvalue weighted by atomic mass is 32.1. The van der Waals surface area contributed by atoms with Gasteiger partial charge in [-0.3, -0.25) is 14.5 Å². The van der Waals surface area contributed by atoms with E-state index in [4.69, 9.17) is 13.9 Å². The molecule has 0 aliphatic carbocycles. The Balaban J connectivity index is 1.47. The fourth-order valence-corrected chi connectivity index (χ4v) is 5.25. The first kappa shape index (κ1) is 23.0. The Kier molecular flexibility index (Phi) is 5.94. The van der Waals surface area contributed by atoms with Crippen molar-refractivity contribution in [2.45, 2.75) is 19.6 Å². The molecule has 7 nitrogen and oxygen atoms in total. The molecule has 1 aliphatic rings. The number of nitrogens with zero attached hydrogens (tertiary/aromatic N) is 2. The summed E-state index contributed by atoms with van der Waals surface area (Å²) in [5, 5.41) is 2.70. The van der Waals surface area contributed by atoms with Crippen molar-refractivity contribution in [1.82, 2.24) is 4.98 Å². The molecule has 0 saturated heterocycles. The molecule has 2 aromatic heterocycles. The van der Waals surface area contributed by atoms with Crippen LogP contribution in [0, 0.1) is 0 Å². The number of anilines is 1. The molecular weight excluding hydrogens is 488 g/mol. The summed E-state index contributed by atoms with van der Waals surface area (Å²) in [5.41, 5.74) is 2.15. The van der Waals surface area contributed by atoms with Gasteiger partial charge in [-0.2, -0.15) is 0 Å². The summed E-state index contributed by atoms with van der Waals surface area (Å²) in [6.07, 6.45) is 1.63. The number of aromatic nitrogens is 1. The number of benzene rings is 3. The molecule has 0 bridgehead atoms. The van der Waals surface area contributed by atoms with E-state index in [0.717, 1.165) is 5.56 Å². The minimum Gasteiger partial charge on any atom is -0.490 e. The van der Waals surface area contributed by atoms with Gasteiger partial charge in [0.05, 0.1) is 23.6 Å². The molecular formula is C29H22N2O5S. The van der Waals surface area contributed by atoms with Crippen molar-refractivity contribution in [3.8, 4) is 11.5 Å². The zero-order valence-electron chi connectivity index (χ0n) is 19.9. The van der Waals surface area contributed by atoms with Crippen LogP contribution in [0.15, 0.2) is 93.6 Å². The van der Waals surface area contributed by atoms with Gasteiger partial charge in [-0.25, -0.2) is 4.98 Å². The highest BCUT2D eigenvalue weighted by Gasteiger charge is 2.45. The summed E-state index contributed by atoms with van der Waals surface area (Å²) < 4.78 is 18.0. The normalized spacial score (nSPS) is 14.7. The average Bonchev–Trinajstić information content (AvgIpc) is 3.55. The molecule has 3 heterocycles. The first-order valence-corrected chi connectivity index (χ1v) is 12.8. The van der Waals surface area contributed by atoms with E-state index in [1.807, 2.05) is 55.5 Å². The van der Waals surface area contributed by atoms with Gasteiger partial charge in [-0.1, -0.05) is 48.5 Å². The molecule has 5 aromatic rings. The first-order valence-electron chi connectivity index (χ1n) is 11.9. The van der Waals surface area contributed by atoms with Gasteiger partial charge in [0.1, 0.15) is 12.2 Å². The van der Waals surface area contributed by atoms with E-state index in [0.29, 0.717) is 51.9 Å². The molecule has 0 fully saturated rings. The zero-order valence-corrected chi connectivity index (χ0v) is 20.7. The van der Waals surface area contributed by atoms with Gasteiger partial charge in [0.15, 0.2) is 22.1 Å². The third-order valence-electron chi connectivity index (χ3n) is 6.22. The monoisotopic (exact) mass is 510 g/mol. The largest absolute Gasteiger partial charge is 0.490 e. The Hall–Kier alpha value is -4.43. The van der Waals surface area contributed by atoms with Crippen LogP contribution in [0.5, 0.6) is 11.5 Å². The van der Waals surface area contributed by atoms with Crippen LogP contribution >= 0.6 is 11.3 Å². The molecule has 3 aromatic carbocycles. The van der Waals surface area contributed by atoms with Crippen molar-refractivity contribution in [1.29, 1.82) is 0 Å². The second-order valence-corrected chi connectivity index (χ2v) is 9.35. The number of fused-ring (bicyclic) bond motifs is 2. The van der Waals surface area contributed by atoms with Gasteiger partial charge in [-0.15, -0.1) is 11.3 Å². The Bertz CT molecular complexity index is 1650. The molecule has 184 valence electrons. The lowest BCUT2D eigenvalue weighted by molar-refractivity contribution is 0.0971. The number of thiazole rings is 1. The summed E-state index contributed by atoms with van der Waals surface area (Å²) in [4.78, 5) is 33.2. The average molecular weight is 511 g/mol. The lowest BCUT2D eigenvalue weighted by Gasteiger charge is -2.23. The fraction of sp³-hybridized carbons (Fsp3) is 0.138. The Labute approximate surface area is 216 Å². The molecule has 1 atom stereocenters. The summed E-state index contributed by atoms with van der Waals surface area (Å²) in [6.45, 7) is 2.70. The van der Waals surface area contributed by atoms with Crippen molar-refractivity contribution in [2.75, 3.05) is 11.5 Å². The van der Waals surface area contributed by atoms with Crippen molar-refractivity contribution >= 4 is 33.3 Å². The third-order valence-corrected chi connectivity index (χ3v) is 6.99. The molecule has 1 amide bonds. The number of hydrogen-bond acceptors (Lipinski definition) is 7. The van der Waals surface area contributed by atoms with Gasteiger partial charge < -0.3 is 13.9 Å². The van der Waals surface area contributed by atoms with Gasteiger partial charge >= 0.3 is 0 Å². The van der Waals surface area contributed by atoms with Crippen molar-refractivity contribution in [3.63, 3.8) is 0 Å². The fourth-order valence-electron chi connectivity index (χ4n) is 4.58. The van der Waals surface area contributed by atoms with Gasteiger partial charge in [0.2, 0.25) is 5.76 Å². The van der Waals surface area contributed by atoms with E-state index in [9.17, 15) is 9.59 Å². The molecule has 0 N–H and O–H groups in total. The maximum Gasteiger partial charge on any atom is 0.297 e. The molecule has 37 heavy (non-hydrogen) atoms. The minimum absolute atomic E-state index is 0.0336. The van der Waals surface area contributed by atoms with Gasteiger partial charge in [0, 0.05) is 11.6 Å². The molecule has 0 saturated carbocycles. The summed E-state index contributed by atoms with van der Waals surface area (Å²) >= 11 is 1.32. The topological polar surface area (TPSA) is 81.9 Å². The predicted octanol–water partition coefficient (Wildman–Crippen LogP) is 5.98. The second-order valence-electron chi connectivity index (χ2n) is 8.48. The van der Waals surface area contributed by atoms with Crippen LogP contribution in [0.1, 0.15) is 40.2 Å². The minimum atomic E-state index is -0.725. The predicted molar refractivity (Wildman–Crippen MR) is 142 cm³/mol. The van der Waals surface area contributed by atoms with Gasteiger partial charge in [0.25, 0.3) is 5.91 Å². The lowest BCUT2D eigenvalue weighted by Crippen LogP contribution is -2.29. The number of para-hydroxylation sites is 1. The molecule has 0 spiro atoms. The smallest absolute Gasteiger partial charge is 0.297 e. The Morgan fingerprint density at radius 1 is 0.973 bits per heavy atom. The van der Waals surface area contributed by atoms with E-state index in [-0.39, 0.29) is 11.2 Å². The number of carbonyl (C=O) groups excluding carboxylic acids is 1. The van der Waals surface area contributed by atoms with E-state index in [2.05, 4.69) is 4.98 Å². The van der Waals surface area contributed by atoms with Crippen molar-refractivity contribution < 1.29 is 18.7 Å². The van der Waals surface area contributed by atoms with Gasteiger partial charge in [-0.05, 0) is 42.3 Å². The van der Waals surface area contributed by atoms with Crippen molar-refractivity contribution in [2.24, 2.45) is 0 Å². The zero-order chi connectivity index (χ0) is 25.4. The first-order chi connectivity index (χ1) is 18.2. The lowest BCUT2D eigenvalue weighted by atomic mass is 9.98. The number of amides is 1. The number of ether oxygens (including phenoxy) is 2. The van der Waals surface area contributed by atoms with Crippen LogP contribution in [-0.4, -0.2) is 17.5 Å². The summed E-state index contributed by atoms with van der Waals surface area (Å²) in [6, 6.07) is 21.6. The van der Waals surface area contributed by atoms with E-state index >= 15 is 0 Å². The molecule has 1 aliphatic heterocycles. The Morgan fingerprint density at radius 3 is 2.57 bits per heavy atom. The van der Waals surface area contributed by atoms with Crippen LogP contribution < -0.4 is 19.8 Å². The van der Waals surface area contributed by atoms with Crippen LogP contribution in [0.25, 0.3) is 11.0 Å². The quantitative estimate of drug-likeness (QED) is 0.268. The molecule has 8 heteroatoms. The van der Waals surface area contributed by atoms with E-state index in [1.165, 1.54) is 16.2 Å². The summed E-state index contributed by atoms with van der Waals surface area (Å²) in [7, 11) is 0.